The number of ether oxygens (including phenoxy) is 1. The smallest absolute Gasteiger partial charge is 0.106 e. The van der Waals surface area contributed by atoms with Crippen LogP contribution in [0, 0.1) is 0 Å². The normalized spacial score (nSPS) is 21.6. The molecule has 0 bridgehead atoms. The Kier molecular flexibility index (Phi) is 5.34. The molecule has 0 aromatic rings. The van der Waals surface area contributed by atoms with Gasteiger partial charge in [-0.1, -0.05) is 25.3 Å². The predicted octanol–water partition coefficient (Wildman–Crippen LogP) is 2.40. The monoisotopic (exact) mass is 182 g/mol. The second-order valence-electron chi connectivity index (χ2n) is 3.38. The molecule has 2 rings (SSSR count). The van der Waals surface area contributed by atoms with Crippen molar-refractivity contribution >= 4 is 0 Å². The van der Waals surface area contributed by atoms with Gasteiger partial charge in [-0.25, -0.2) is 0 Å². The molecule has 0 aromatic heterocycles. The Morgan fingerprint density at radius 2 is 1.85 bits per heavy atom. The highest BCUT2D eigenvalue weighted by Gasteiger charge is 2.07. The summed E-state index contributed by atoms with van der Waals surface area (Å²) < 4.78 is 4.80. The molecule has 1 fully saturated rings. The molecule has 1 saturated carbocycles. The van der Waals surface area contributed by atoms with Crippen LogP contribution in [0.3, 0.4) is 0 Å². The number of hydrogen-bond donors (Lipinski definition) is 1. The first-order valence-electron chi connectivity index (χ1n) is 5.01. The molecule has 1 N–H and O–H groups in total. The molecule has 0 unspecified atom stereocenters. The van der Waals surface area contributed by atoms with Gasteiger partial charge in [0.25, 0.3) is 0 Å². The molecule has 1 aliphatic heterocycles. The number of aliphatic hydroxyl groups excluding tert-OH is 1. The summed E-state index contributed by atoms with van der Waals surface area (Å²) in [7, 11) is 0. The Labute approximate surface area is 79.9 Å². The lowest BCUT2D eigenvalue weighted by Gasteiger charge is -2.14. The van der Waals surface area contributed by atoms with Crippen LogP contribution in [-0.4, -0.2) is 17.8 Å². The summed E-state index contributed by atoms with van der Waals surface area (Å²) in [4.78, 5) is 0. The van der Waals surface area contributed by atoms with Gasteiger partial charge in [-0.15, -0.1) is 0 Å². The lowest BCUT2D eigenvalue weighted by molar-refractivity contribution is 0.130. The lowest BCUT2D eigenvalue weighted by Crippen LogP contribution is -2.09. The first-order valence-corrected chi connectivity index (χ1v) is 5.01. The van der Waals surface area contributed by atoms with Gasteiger partial charge < -0.3 is 9.84 Å². The molecule has 0 spiro atoms. The van der Waals surface area contributed by atoms with E-state index in [1.165, 1.54) is 19.3 Å². The van der Waals surface area contributed by atoms with Crippen molar-refractivity contribution in [2.75, 3.05) is 6.61 Å². The fraction of sp³-hybridized carbons (Fsp3) is 0.636. The molecule has 0 amide bonds. The molecular weight excluding hydrogens is 164 g/mol. The van der Waals surface area contributed by atoms with E-state index < -0.39 is 0 Å². The summed E-state index contributed by atoms with van der Waals surface area (Å²) in [6, 6.07) is 0. The maximum absolute atomic E-state index is 8.91. The van der Waals surface area contributed by atoms with E-state index in [0.29, 0.717) is 0 Å². The maximum Gasteiger partial charge on any atom is 0.106 e. The van der Waals surface area contributed by atoms with Crippen LogP contribution in [0.25, 0.3) is 0 Å². The van der Waals surface area contributed by atoms with Gasteiger partial charge in [-0.05, 0) is 25.0 Å². The zero-order valence-corrected chi connectivity index (χ0v) is 7.98. The van der Waals surface area contributed by atoms with Crippen LogP contribution in [0.4, 0.5) is 0 Å². The van der Waals surface area contributed by atoms with E-state index in [0.717, 1.165) is 19.4 Å². The minimum Gasteiger partial charge on any atom is -0.497 e. The van der Waals surface area contributed by atoms with Crippen molar-refractivity contribution in [3.8, 4) is 0 Å². The van der Waals surface area contributed by atoms with Crippen molar-refractivity contribution in [2.24, 2.45) is 0 Å². The van der Waals surface area contributed by atoms with E-state index >= 15 is 0 Å². The fourth-order valence-electron chi connectivity index (χ4n) is 1.43. The first kappa shape index (κ1) is 10.3. The molecule has 1 aliphatic carbocycles. The maximum atomic E-state index is 8.91. The molecule has 2 heteroatoms. The van der Waals surface area contributed by atoms with Crippen molar-refractivity contribution in [3.05, 3.63) is 24.5 Å². The van der Waals surface area contributed by atoms with Crippen LogP contribution in [0.5, 0.6) is 0 Å². The highest BCUT2D eigenvalue weighted by atomic mass is 16.5. The standard InChI is InChI=1S/C6H12O.C5H6O/c7-6-4-2-1-3-5-6;1-2-4-6-5-3-1/h6-7H,1-5H2;1-4H,5H2. The minimum atomic E-state index is 0.0359. The van der Waals surface area contributed by atoms with Crippen molar-refractivity contribution in [1.82, 2.24) is 0 Å². The molecular formula is C11H18O2. The Bertz CT molecular complexity index is 155. The van der Waals surface area contributed by atoms with Gasteiger partial charge in [0.05, 0.1) is 12.4 Å². The molecule has 0 atom stereocenters. The SMILES string of the molecule is C1=CCOC=C1.OC1CCCCC1. The minimum absolute atomic E-state index is 0.0359. The number of hydrogen-bond acceptors (Lipinski definition) is 2. The average molecular weight is 182 g/mol. The van der Waals surface area contributed by atoms with Gasteiger partial charge in [-0.3, -0.25) is 0 Å². The molecule has 74 valence electrons. The first-order chi connectivity index (χ1) is 6.39. The molecule has 0 saturated heterocycles. The molecule has 2 nitrogen and oxygen atoms in total. The largest absolute Gasteiger partial charge is 0.497 e. The van der Waals surface area contributed by atoms with Crippen molar-refractivity contribution < 1.29 is 9.84 Å². The molecule has 2 aliphatic rings. The van der Waals surface area contributed by atoms with Gasteiger partial charge in [0.2, 0.25) is 0 Å². The topological polar surface area (TPSA) is 29.5 Å². The number of allylic oxidation sites excluding steroid dienone is 2. The van der Waals surface area contributed by atoms with E-state index in [1.54, 1.807) is 6.26 Å². The van der Waals surface area contributed by atoms with Gasteiger partial charge in [-0.2, -0.15) is 0 Å². The Hall–Kier alpha value is -0.760. The van der Waals surface area contributed by atoms with Crippen molar-refractivity contribution in [1.29, 1.82) is 0 Å². The van der Waals surface area contributed by atoms with Crippen LogP contribution in [-0.2, 0) is 4.74 Å². The Balaban J connectivity index is 0.000000132. The predicted molar refractivity (Wildman–Crippen MR) is 53.3 cm³/mol. The summed E-state index contributed by atoms with van der Waals surface area (Å²) in [6.45, 7) is 0.733. The summed E-state index contributed by atoms with van der Waals surface area (Å²) in [5.41, 5.74) is 0. The van der Waals surface area contributed by atoms with Crippen molar-refractivity contribution in [3.63, 3.8) is 0 Å². The second-order valence-corrected chi connectivity index (χ2v) is 3.38. The third kappa shape index (κ3) is 5.47. The summed E-state index contributed by atoms with van der Waals surface area (Å²) >= 11 is 0. The molecule has 0 radical (unpaired) electrons. The number of rotatable bonds is 0. The van der Waals surface area contributed by atoms with Crippen LogP contribution in [0.15, 0.2) is 24.5 Å². The van der Waals surface area contributed by atoms with Gasteiger partial charge >= 0.3 is 0 Å². The van der Waals surface area contributed by atoms with Crippen LogP contribution < -0.4 is 0 Å². The van der Waals surface area contributed by atoms with E-state index in [1.807, 2.05) is 18.2 Å². The zero-order chi connectivity index (χ0) is 9.36. The zero-order valence-electron chi connectivity index (χ0n) is 7.98. The summed E-state index contributed by atoms with van der Waals surface area (Å²) in [5, 5.41) is 8.91. The second kappa shape index (κ2) is 6.72. The molecule has 0 aromatic carbocycles. The third-order valence-corrected chi connectivity index (χ3v) is 2.19. The van der Waals surface area contributed by atoms with E-state index in [4.69, 9.17) is 9.84 Å². The highest BCUT2D eigenvalue weighted by Crippen LogP contribution is 2.16. The van der Waals surface area contributed by atoms with E-state index in [2.05, 4.69) is 0 Å². The van der Waals surface area contributed by atoms with Crippen LogP contribution in [0.1, 0.15) is 32.1 Å². The van der Waals surface area contributed by atoms with E-state index in [-0.39, 0.29) is 6.10 Å². The molecule has 13 heavy (non-hydrogen) atoms. The number of aliphatic hydroxyl groups is 1. The van der Waals surface area contributed by atoms with Gasteiger partial charge in [0.1, 0.15) is 6.61 Å². The summed E-state index contributed by atoms with van der Waals surface area (Å²) in [5.74, 6) is 0. The highest BCUT2D eigenvalue weighted by molar-refractivity contribution is 5.02. The average Bonchev–Trinajstić information content (AvgIpc) is 2.22. The van der Waals surface area contributed by atoms with Crippen LogP contribution in [0.2, 0.25) is 0 Å². The quantitative estimate of drug-likeness (QED) is 0.623. The Morgan fingerprint density at radius 3 is 2.08 bits per heavy atom. The Morgan fingerprint density at radius 1 is 1.08 bits per heavy atom. The van der Waals surface area contributed by atoms with E-state index in [9.17, 15) is 0 Å². The van der Waals surface area contributed by atoms with Crippen LogP contribution >= 0.6 is 0 Å². The van der Waals surface area contributed by atoms with Crippen molar-refractivity contribution in [2.45, 2.75) is 38.2 Å². The van der Waals surface area contributed by atoms with Gasteiger partial charge in [0, 0.05) is 0 Å². The summed E-state index contributed by atoms with van der Waals surface area (Å²) in [6.07, 6.45) is 13.4. The van der Waals surface area contributed by atoms with Gasteiger partial charge in [0.15, 0.2) is 0 Å². The third-order valence-electron chi connectivity index (χ3n) is 2.19. The molecule has 1 heterocycles. The lowest BCUT2D eigenvalue weighted by atomic mass is 9.98. The fourth-order valence-corrected chi connectivity index (χ4v) is 1.43.